The van der Waals surface area contributed by atoms with Crippen LogP contribution in [0, 0.1) is 11.8 Å². The maximum Gasteiger partial charge on any atom is 0.255 e. The first-order chi connectivity index (χ1) is 28.2. The zero-order chi connectivity index (χ0) is 40.2. The van der Waals surface area contributed by atoms with Gasteiger partial charge in [0.25, 0.3) is 5.91 Å². The number of rotatable bonds is 11. The van der Waals surface area contributed by atoms with E-state index >= 15 is 0 Å². The minimum absolute atomic E-state index is 0. The highest BCUT2D eigenvalue weighted by Gasteiger charge is 2.39. The molecule has 13 nitrogen and oxygen atoms in total. The molecule has 0 spiro atoms. The van der Waals surface area contributed by atoms with Crippen LogP contribution < -0.4 is 15.4 Å². The summed E-state index contributed by atoms with van der Waals surface area (Å²) in [6.07, 6.45) is 7.52. The monoisotopic (exact) mass is 799 g/mol. The molecule has 58 heavy (non-hydrogen) atoms. The summed E-state index contributed by atoms with van der Waals surface area (Å²) in [5.74, 6) is 6.97. The number of aromatic amines is 1. The lowest BCUT2D eigenvalue weighted by Crippen LogP contribution is -2.52. The number of amides is 4. The summed E-state index contributed by atoms with van der Waals surface area (Å²) in [6, 6.07) is 19.1. The second-order valence-corrected chi connectivity index (χ2v) is 15.0. The molecular formula is C44H42ClN7O6. The Labute approximate surface area is 341 Å². The van der Waals surface area contributed by atoms with Gasteiger partial charge in [0, 0.05) is 75.3 Å². The number of imide groups is 1. The van der Waals surface area contributed by atoms with Gasteiger partial charge in [-0.15, -0.1) is 0 Å². The fourth-order valence-electron chi connectivity index (χ4n) is 7.74. The minimum Gasteiger partial charge on any atom is -0.457 e. The lowest BCUT2D eigenvalue weighted by Gasteiger charge is -2.33. The molecule has 0 radical (unpaired) electrons. The third-order valence-electron chi connectivity index (χ3n) is 10.8. The van der Waals surface area contributed by atoms with Crippen LogP contribution in [0.1, 0.15) is 90.2 Å². The number of anilines is 1. The van der Waals surface area contributed by atoms with Crippen molar-refractivity contribution in [1.29, 1.82) is 0 Å². The van der Waals surface area contributed by atoms with Gasteiger partial charge in [0.1, 0.15) is 35.3 Å². The molecule has 4 amide bonds. The average molecular weight is 800 g/mol. The van der Waals surface area contributed by atoms with Gasteiger partial charge in [-0.3, -0.25) is 29.3 Å². The highest BCUT2D eigenvalue weighted by molar-refractivity contribution is 6.35. The van der Waals surface area contributed by atoms with Crippen molar-refractivity contribution in [3.8, 4) is 23.3 Å². The maximum atomic E-state index is 13.8. The number of nitrogens with zero attached hydrogens (tertiary/aromatic N) is 4. The van der Waals surface area contributed by atoms with E-state index in [0.717, 1.165) is 30.4 Å². The van der Waals surface area contributed by atoms with E-state index in [1.807, 2.05) is 41.3 Å². The van der Waals surface area contributed by atoms with Crippen molar-refractivity contribution in [2.75, 3.05) is 18.4 Å². The molecule has 2 saturated heterocycles. The van der Waals surface area contributed by atoms with E-state index < -0.39 is 11.9 Å². The average Bonchev–Trinajstić information content (AvgIpc) is 3.82. The highest BCUT2D eigenvalue weighted by Crippen LogP contribution is 2.33. The Morgan fingerprint density at radius 1 is 0.948 bits per heavy atom. The number of ketones is 1. The van der Waals surface area contributed by atoms with Gasteiger partial charge in [-0.1, -0.05) is 47.7 Å². The number of unbranched alkanes of at least 4 members (excludes halogenated alkanes) is 2. The van der Waals surface area contributed by atoms with Gasteiger partial charge in [0.15, 0.2) is 5.78 Å². The van der Waals surface area contributed by atoms with Crippen molar-refractivity contribution >= 4 is 57.9 Å². The van der Waals surface area contributed by atoms with Crippen LogP contribution in [0.15, 0.2) is 79.3 Å². The molecule has 14 heteroatoms. The Morgan fingerprint density at radius 3 is 2.57 bits per heavy atom. The molecular weight excluding hydrogens is 758 g/mol. The molecule has 3 aliphatic rings. The molecule has 3 aliphatic heterocycles. The number of halogens is 1. The van der Waals surface area contributed by atoms with Gasteiger partial charge in [-0.2, -0.15) is 0 Å². The summed E-state index contributed by atoms with van der Waals surface area (Å²) in [5, 5.41) is 6.68. The Morgan fingerprint density at radius 2 is 1.78 bits per heavy atom. The molecule has 3 aromatic carbocycles. The molecule has 8 rings (SSSR count). The fraction of sp³-hybridized carbons (Fsp3) is 0.295. The van der Waals surface area contributed by atoms with Crippen LogP contribution >= 0.6 is 11.6 Å². The minimum atomic E-state index is -0.671. The van der Waals surface area contributed by atoms with Gasteiger partial charge in [0.2, 0.25) is 17.7 Å². The molecule has 0 saturated carbocycles. The topological polar surface area (TPSA) is 167 Å². The number of carbonyl (C=O) groups excluding carboxylic acids is 5. The lowest BCUT2D eigenvalue weighted by molar-refractivity contribution is -0.137. The van der Waals surface area contributed by atoms with Crippen LogP contribution in [-0.2, 0) is 20.9 Å². The first-order valence-electron chi connectivity index (χ1n) is 19.4. The van der Waals surface area contributed by atoms with Crippen molar-refractivity contribution in [1.82, 2.24) is 30.1 Å². The van der Waals surface area contributed by atoms with Gasteiger partial charge in [-0.25, -0.2) is 9.97 Å². The predicted molar refractivity (Wildman–Crippen MR) is 218 cm³/mol. The molecule has 1 atom stereocenters. The standard InChI is InChI=1S/C44H40ClN7O6.H2/c45-35-23-30(58-29-11-5-3-6-12-29)15-16-32(35)40(55)33-24-46-41-39(33)42(48-26-47-41)49-28-19-21-51(22-20-28)38(54)14-7-2-1-4-9-27-10-8-13-31-34(27)25-52(44(31)57)36-17-18-37(53)50-43(36)56;/h3,5-6,8,10-13,15-16,23-24,26,28,36H,1-2,7,14,17-22,25H2,(H,50,53,56)(H2,46,47,48,49);1H. The van der Waals surface area contributed by atoms with Gasteiger partial charge < -0.3 is 24.8 Å². The van der Waals surface area contributed by atoms with Crippen LogP contribution in [0.3, 0.4) is 0 Å². The van der Waals surface area contributed by atoms with E-state index in [1.165, 1.54) is 11.2 Å². The number of piperidine rings is 2. The van der Waals surface area contributed by atoms with E-state index in [9.17, 15) is 24.0 Å². The van der Waals surface area contributed by atoms with Crippen molar-refractivity contribution in [2.45, 2.75) is 70.0 Å². The van der Waals surface area contributed by atoms with E-state index in [2.05, 4.69) is 37.4 Å². The summed E-state index contributed by atoms with van der Waals surface area (Å²) in [6.45, 7) is 1.48. The zero-order valence-electron chi connectivity index (χ0n) is 31.6. The van der Waals surface area contributed by atoms with Crippen LogP contribution in [0.2, 0.25) is 5.02 Å². The third-order valence-corrected chi connectivity index (χ3v) is 11.1. The summed E-state index contributed by atoms with van der Waals surface area (Å²) in [5.41, 5.74) is 3.33. The van der Waals surface area contributed by atoms with E-state index in [4.69, 9.17) is 16.3 Å². The van der Waals surface area contributed by atoms with Crippen LogP contribution in [0.5, 0.6) is 11.5 Å². The number of benzene rings is 3. The molecule has 5 aromatic rings. The number of aromatic nitrogens is 3. The number of likely N-dealkylation sites (tertiary alicyclic amines) is 1. The molecule has 1 unspecified atom stereocenters. The van der Waals surface area contributed by atoms with E-state index in [1.54, 1.807) is 36.5 Å². The van der Waals surface area contributed by atoms with Crippen LogP contribution in [0.4, 0.5) is 5.82 Å². The number of para-hydroxylation sites is 1. The molecule has 3 N–H and O–H groups in total. The molecule has 0 aliphatic carbocycles. The molecule has 2 aromatic heterocycles. The molecule has 296 valence electrons. The van der Waals surface area contributed by atoms with Gasteiger partial charge in [0.05, 0.1) is 16.0 Å². The molecule has 0 bridgehead atoms. The van der Waals surface area contributed by atoms with Crippen molar-refractivity contribution < 1.29 is 30.1 Å². The maximum absolute atomic E-state index is 13.8. The van der Waals surface area contributed by atoms with Crippen molar-refractivity contribution in [3.63, 3.8) is 0 Å². The van der Waals surface area contributed by atoms with Gasteiger partial charge in [-0.05, 0) is 74.1 Å². The largest absolute Gasteiger partial charge is 0.457 e. The van der Waals surface area contributed by atoms with Crippen molar-refractivity contribution in [2.24, 2.45) is 0 Å². The Hall–Kier alpha value is -6.52. The number of H-pyrrole nitrogens is 1. The molecule has 5 heterocycles. The van der Waals surface area contributed by atoms with Crippen LogP contribution in [-0.4, -0.2) is 79.3 Å². The summed E-state index contributed by atoms with van der Waals surface area (Å²) in [4.78, 5) is 79.4. The second kappa shape index (κ2) is 16.9. The summed E-state index contributed by atoms with van der Waals surface area (Å²) >= 11 is 6.60. The number of fused-ring (bicyclic) bond motifs is 2. The third kappa shape index (κ3) is 8.15. The summed E-state index contributed by atoms with van der Waals surface area (Å²) in [7, 11) is 0. The SMILES string of the molecule is O=C1CCC(N2Cc3c(C#CCCCCC(=O)N4CCC(Nc5ncnc6[nH]cc(C(=O)c7ccc(Oc8ccccc8)cc7Cl)c56)CC4)cccc3C2=O)C(=O)N1.[HH]. The Balaban J connectivity index is 0.00000528. The summed E-state index contributed by atoms with van der Waals surface area (Å²) < 4.78 is 5.88. The van der Waals surface area contributed by atoms with Gasteiger partial charge >= 0.3 is 0 Å². The number of nitrogens with one attached hydrogen (secondary N) is 3. The first-order valence-corrected chi connectivity index (χ1v) is 19.8. The van der Waals surface area contributed by atoms with Crippen molar-refractivity contribution in [3.05, 3.63) is 112 Å². The number of carbonyl (C=O) groups is 5. The number of hydrogen-bond acceptors (Lipinski definition) is 9. The Bertz CT molecular complexity index is 2490. The lowest BCUT2D eigenvalue weighted by atomic mass is 10.0. The Kier molecular flexibility index (Phi) is 11.2. The fourth-order valence-corrected chi connectivity index (χ4v) is 8.00. The highest BCUT2D eigenvalue weighted by atomic mass is 35.5. The van der Waals surface area contributed by atoms with E-state index in [-0.39, 0.29) is 49.0 Å². The molecule has 2 fully saturated rings. The normalized spacial score (nSPS) is 16.8. The number of ether oxygens (including phenoxy) is 1. The smallest absolute Gasteiger partial charge is 0.255 e. The van der Waals surface area contributed by atoms with E-state index in [0.29, 0.717) is 83.8 Å². The number of hydrogen-bond donors (Lipinski definition) is 3. The first kappa shape index (κ1) is 38.4. The quantitative estimate of drug-likeness (QED) is 0.0574. The predicted octanol–water partition coefficient (Wildman–Crippen LogP) is 6.66. The second-order valence-electron chi connectivity index (χ2n) is 14.6. The zero-order valence-corrected chi connectivity index (χ0v) is 32.3. The van der Waals surface area contributed by atoms with Crippen LogP contribution in [0.25, 0.3) is 11.0 Å².